The molecule has 27 heavy (non-hydrogen) atoms. The zero-order chi connectivity index (χ0) is 19.4. The highest BCUT2D eigenvalue weighted by atomic mass is 32.1. The van der Waals surface area contributed by atoms with E-state index in [9.17, 15) is 9.59 Å². The van der Waals surface area contributed by atoms with Crippen LogP contribution in [0.15, 0.2) is 36.0 Å². The van der Waals surface area contributed by atoms with Crippen LogP contribution in [0.5, 0.6) is 0 Å². The first-order valence-electron chi connectivity index (χ1n) is 9.01. The largest absolute Gasteiger partial charge is 0.356 e. The van der Waals surface area contributed by atoms with Gasteiger partial charge in [0.2, 0.25) is 10.9 Å². The van der Waals surface area contributed by atoms with E-state index < -0.39 is 0 Å². The molecule has 0 aliphatic carbocycles. The van der Waals surface area contributed by atoms with Gasteiger partial charge in [-0.2, -0.15) is 5.10 Å². The van der Waals surface area contributed by atoms with Crippen LogP contribution >= 0.6 is 11.3 Å². The average Bonchev–Trinajstić information content (AvgIpc) is 3.24. The highest BCUT2D eigenvalue weighted by molar-refractivity contribution is 7.15. The molecular formula is C20H24N4O2S. The van der Waals surface area contributed by atoms with E-state index in [0.29, 0.717) is 18.5 Å². The Morgan fingerprint density at radius 1 is 1.15 bits per heavy atom. The fraction of sp³-hybridized carbons (Fsp3) is 0.400. The Labute approximate surface area is 162 Å². The second kappa shape index (κ2) is 8.00. The highest BCUT2D eigenvalue weighted by Crippen LogP contribution is 2.22. The van der Waals surface area contributed by atoms with Crippen molar-refractivity contribution in [3.63, 3.8) is 0 Å². The van der Waals surface area contributed by atoms with Crippen LogP contribution in [0.4, 0.5) is 0 Å². The molecule has 0 atom stereocenters. The van der Waals surface area contributed by atoms with Crippen molar-refractivity contribution in [3.05, 3.63) is 52.8 Å². The number of amides is 1. The van der Waals surface area contributed by atoms with Gasteiger partial charge in [-0.3, -0.25) is 9.59 Å². The number of hydrogen-bond acceptors (Lipinski definition) is 5. The number of nitrogens with one attached hydrogen (secondary N) is 1. The molecule has 0 aliphatic rings. The summed E-state index contributed by atoms with van der Waals surface area (Å²) in [6.07, 6.45) is 2.61. The summed E-state index contributed by atoms with van der Waals surface area (Å²) in [5.41, 5.74) is 2.92. The predicted molar refractivity (Wildman–Crippen MR) is 106 cm³/mol. The highest BCUT2D eigenvalue weighted by Gasteiger charge is 2.15. The number of Topliss-reactive ketones (excluding diaryl/α,β-unsaturated/α-hetero) is 1. The minimum Gasteiger partial charge on any atom is -0.356 e. The van der Waals surface area contributed by atoms with Crippen LogP contribution in [0.1, 0.15) is 55.2 Å². The first-order chi connectivity index (χ1) is 12.8. The quantitative estimate of drug-likeness (QED) is 0.633. The molecule has 7 heteroatoms. The van der Waals surface area contributed by atoms with Gasteiger partial charge in [0.15, 0.2) is 5.78 Å². The lowest BCUT2D eigenvalue weighted by Crippen LogP contribution is -2.26. The van der Waals surface area contributed by atoms with Gasteiger partial charge in [-0.25, -0.2) is 9.50 Å². The normalized spacial score (nSPS) is 11.7. The third kappa shape index (κ3) is 4.80. The summed E-state index contributed by atoms with van der Waals surface area (Å²) in [5.74, 6) is -0.118. The molecule has 3 aromatic rings. The maximum Gasteiger partial charge on any atom is 0.220 e. The number of rotatable bonds is 7. The van der Waals surface area contributed by atoms with E-state index >= 15 is 0 Å². The minimum atomic E-state index is -0.111. The molecule has 2 heterocycles. The number of carbonyl (C=O) groups excluding carboxylic acids is 2. The summed E-state index contributed by atoms with van der Waals surface area (Å²) in [6.45, 7) is 6.92. The lowest BCUT2D eigenvalue weighted by Gasteiger charge is -2.18. The van der Waals surface area contributed by atoms with Crippen molar-refractivity contribution in [3.8, 4) is 0 Å². The van der Waals surface area contributed by atoms with Crippen LogP contribution in [-0.2, 0) is 16.6 Å². The van der Waals surface area contributed by atoms with Crippen molar-refractivity contribution >= 4 is 28.0 Å². The Morgan fingerprint density at radius 2 is 1.89 bits per heavy atom. The maximum atomic E-state index is 12.3. The number of aromatic nitrogens is 3. The Balaban J connectivity index is 1.43. The fourth-order valence-corrected chi connectivity index (χ4v) is 3.62. The molecule has 1 N–H and O–H groups in total. The molecule has 0 fully saturated rings. The Kier molecular flexibility index (Phi) is 5.70. The summed E-state index contributed by atoms with van der Waals surface area (Å²) in [7, 11) is 0. The zero-order valence-electron chi connectivity index (χ0n) is 15.9. The van der Waals surface area contributed by atoms with Gasteiger partial charge in [-0.1, -0.05) is 45.0 Å². The first-order valence-corrected chi connectivity index (χ1v) is 9.89. The van der Waals surface area contributed by atoms with Crippen LogP contribution < -0.4 is 5.32 Å². The molecule has 0 bridgehead atoms. The zero-order valence-corrected chi connectivity index (χ0v) is 16.7. The maximum absolute atomic E-state index is 12.3. The van der Waals surface area contributed by atoms with Crippen LogP contribution in [-0.4, -0.2) is 32.8 Å². The fourth-order valence-electron chi connectivity index (χ4n) is 2.79. The second-order valence-electron chi connectivity index (χ2n) is 7.53. The monoisotopic (exact) mass is 384 g/mol. The van der Waals surface area contributed by atoms with Gasteiger partial charge in [0.05, 0.1) is 5.69 Å². The van der Waals surface area contributed by atoms with Gasteiger partial charge < -0.3 is 5.32 Å². The summed E-state index contributed by atoms with van der Waals surface area (Å²) in [5, 5.41) is 9.01. The third-order valence-electron chi connectivity index (χ3n) is 4.44. The third-order valence-corrected chi connectivity index (χ3v) is 5.32. The Hall–Kier alpha value is -2.54. The average molecular weight is 385 g/mol. The molecule has 1 amide bonds. The summed E-state index contributed by atoms with van der Waals surface area (Å²) in [4.78, 5) is 29.3. The van der Waals surface area contributed by atoms with Crippen molar-refractivity contribution in [1.82, 2.24) is 19.9 Å². The molecule has 0 spiro atoms. The number of nitrogens with zero attached hydrogens (tertiary/aromatic N) is 3. The second-order valence-corrected chi connectivity index (χ2v) is 8.37. The van der Waals surface area contributed by atoms with Crippen molar-refractivity contribution in [2.45, 2.75) is 45.4 Å². The number of benzene rings is 1. The molecule has 1 aromatic carbocycles. The van der Waals surface area contributed by atoms with Crippen molar-refractivity contribution in [2.75, 3.05) is 6.54 Å². The molecular weight excluding hydrogens is 360 g/mol. The number of thiazole rings is 1. The van der Waals surface area contributed by atoms with E-state index in [-0.39, 0.29) is 29.9 Å². The number of hydrogen-bond donors (Lipinski definition) is 1. The van der Waals surface area contributed by atoms with E-state index in [1.54, 1.807) is 4.52 Å². The molecule has 2 aromatic heterocycles. The van der Waals surface area contributed by atoms with E-state index in [2.05, 4.69) is 36.2 Å². The molecule has 0 unspecified atom stereocenters. The molecule has 0 radical (unpaired) electrons. The molecule has 0 saturated heterocycles. The van der Waals surface area contributed by atoms with Crippen LogP contribution in [0.25, 0.3) is 4.96 Å². The van der Waals surface area contributed by atoms with Gasteiger partial charge in [-0.15, -0.1) is 11.3 Å². The van der Waals surface area contributed by atoms with E-state index in [4.69, 9.17) is 0 Å². The van der Waals surface area contributed by atoms with Gasteiger partial charge in [0.1, 0.15) is 6.33 Å². The van der Waals surface area contributed by atoms with Gasteiger partial charge in [0, 0.05) is 36.8 Å². The van der Waals surface area contributed by atoms with Crippen LogP contribution in [0.2, 0.25) is 0 Å². The SMILES string of the molecule is CC(C)(C)c1ccc(C(=O)CCC(=O)NCCc2csc3ncnn23)cc1. The lowest BCUT2D eigenvalue weighted by atomic mass is 9.86. The molecule has 0 saturated carbocycles. The number of ketones is 1. The first kappa shape index (κ1) is 19.2. The van der Waals surface area contributed by atoms with Crippen LogP contribution in [0.3, 0.4) is 0 Å². The molecule has 142 valence electrons. The minimum absolute atomic E-state index is 0.00670. The van der Waals surface area contributed by atoms with Crippen molar-refractivity contribution in [2.24, 2.45) is 0 Å². The van der Waals surface area contributed by atoms with E-state index in [0.717, 1.165) is 10.7 Å². The van der Waals surface area contributed by atoms with Gasteiger partial charge in [0.25, 0.3) is 0 Å². The summed E-state index contributed by atoms with van der Waals surface area (Å²) >= 11 is 1.53. The van der Waals surface area contributed by atoms with Crippen molar-refractivity contribution < 1.29 is 9.59 Å². The van der Waals surface area contributed by atoms with Gasteiger partial charge >= 0.3 is 0 Å². The summed E-state index contributed by atoms with van der Waals surface area (Å²) in [6, 6.07) is 7.67. The number of fused-ring (bicyclic) bond motifs is 1. The predicted octanol–water partition coefficient (Wildman–Crippen LogP) is 3.41. The van der Waals surface area contributed by atoms with Crippen molar-refractivity contribution in [1.29, 1.82) is 0 Å². The molecule has 6 nitrogen and oxygen atoms in total. The molecule has 0 aliphatic heterocycles. The Morgan fingerprint density at radius 3 is 2.59 bits per heavy atom. The van der Waals surface area contributed by atoms with Crippen LogP contribution in [0, 0.1) is 0 Å². The topological polar surface area (TPSA) is 76.4 Å². The molecule has 3 rings (SSSR count). The lowest BCUT2D eigenvalue weighted by molar-refractivity contribution is -0.121. The van der Waals surface area contributed by atoms with E-state index in [1.807, 2.05) is 29.6 Å². The van der Waals surface area contributed by atoms with Gasteiger partial charge in [-0.05, 0) is 11.0 Å². The number of carbonyl (C=O) groups is 2. The van der Waals surface area contributed by atoms with E-state index in [1.165, 1.54) is 23.2 Å². The standard InChI is InChI=1S/C20H24N4O2S/c1-20(2,3)15-6-4-14(5-7-15)17(25)8-9-18(26)21-11-10-16-12-27-19-22-13-23-24(16)19/h4-7,12-13H,8-11H2,1-3H3,(H,21,26). The summed E-state index contributed by atoms with van der Waals surface area (Å²) < 4.78 is 1.78. The smallest absolute Gasteiger partial charge is 0.220 e. The Bertz CT molecular complexity index is 935.